The standard InChI is InChI=1S/C17H20N4O2S2/c1-3-9-21-16-7-6-14(25(18,22)23)10-15(16)20-17(21)24-12(2)13-5-4-8-19-11-13/h4-8,10-12H,3,9H2,1-2H3,(H2,18,22,23). The molecule has 0 radical (unpaired) electrons. The van der Waals surface area contributed by atoms with Crippen molar-refractivity contribution >= 4 is 32.8 Å². The van der Waals surface area contributed by atoms with Crippen LogP contribution in [0.2, 0.25) is 0 Å². The number of sulfonamides is 1. The molecule has 2 N–H and O–H groups in total. The van der Waals surface area contributed by atoms with E-state index in [1.807, 2.05) is 18.3 Å². The number of fused-ring (bicyclic) bond motifs is 1. The van der Waals surface area contributed by atoms with Crippen LogP contribution in [0.4, 0.5) is 0 Å². The van der Waals surface area contributed by atoms with Crippen molar-refractivity contribution in [3.63, 3.8) is 0 Å². The van der Waals surface area contributed by atoms with Crippen LogP contribution in [-0.4, -0.2) is 23.0 Å². The lowest BCUT2D eigenvalue weighted by Gasteiger charge is -2.12. The van der Waals surface area contributed by atoms with Gasteiger partial charge in [0, 0.05) is 24.2 Å². The first-order valence-electron chi connectivity index (χ1n) is 8.00. The largest absolute Gasteiger partial charge is 0.319 e. The first-order chi connectivity index (χ1) is 11.9. The smallest absolute Gasteiger partial charge is 0.238 e. The SMILES string of the molecule is CCCn1c(SC(C)c2cccnc2)nc2cc(S(N)(=O)=O)ccc21. The molecular formula is C17H20N4O2S2. The van der Waals surface area contributed by atoms with Crippen LogP contribution in [-0.2, 0) is 16.6 Å². The summed E-state index contributed by atoms with van der Waals surface area (Å²) in [5.41, 5.74) is 2.67. The highest BCUT2D eigenvalue weighted by Gasteiger charge is 2.17. The van der Waals surface area contributed by atoms with E-state index in [0.717, 1.165) is 29.2 Å². The van der Waals surface area contributed by atoms with Gasteiger partial charge in [0.05, 0.1) is 15.9 Å². The fourth-order valence-corrected chi connectivity index (χ4v) is 4.23. The molecule has 0 saturated heterocycles. The van der Waals surface area contributed by atoms with Gasteiger partial charge in [-0.25, -0.2) is 18.5 Å². The lowest BCUT2D eigenvalue weighted by Crippen LogP contribution is -2.11. The third-order valence-electron chi connectivity index (χ3n) is 3.90. The topological polar surface area (TPSA) is 90.9 Å². The molecule has 3 rings (SSSR count). The number of nitrogens with zero attached hydrogens (tertiary/aromatic N) is 3. The van der Waals surface area contributed by atoms with Crippen LogP contribution in [0.1, 0.15) is 31.1 Å². The van der Waals surface area contributed by atoms with Gasteiger partial charge in [-0.05, 0) is 43.2 Å². The van der Waals surface area contributed by atoms with Crippen LogP contribution < -0.4 is 5.14 Å². The van der Waals surface area contributed by atoms with Gasteiger partial charge < -0.3 is 4.57 Å². The number of hydrogen-bond donors (Lipinski definition) is 1. The molecule has 0 fully saturated rings. The summed E-state index contributed by atoms with van der Waals surface area (Å²) >= 11 is 1.63. The molecule has 1 unspecified atom stereocenters. The Morgan fingerprint density at radius 3 is 2.76 bits per heavy atom. The van der Waals surface area contributed by atoms with Gasteiger partial charge in [0.1, 0.15) is 0 Å². The molecule has 8 heteroatoms. The molecule has 3 aromatic rings. The zero-order valence-corrected chi connectivity index (χ0v) is 15.7. The summed E-state index contributed by atoms with van der Waals surface area (Å²) in [7, 11) is -3.74. The highest BCUT2D eigenvalue weighted by Crippen LogP contribution is 2.36. The van der Waals surface area contributed by atoms with Crippen LogP contribution in [0.3, 0.4) is 0 Å². The summed E-state index contributed by atoms with van der Waals surface area (Å²) in [6, 6.07) is 8.80. The lowest BCUT2D eigenvalue weighted by molar-refractivity contribution is 0.598. The lowest BCUT2D eigenvalue weighted by atomic mass is 10.2. The van der Waals surface area contributed by atoms with Crippen molar-refractivity contribution in [3.8, 4) is 0 Å². The van der Waals surface area contributed by atoms with E-state index >= 15 is 0 Å². The van der Waals surface area contributed by atoms with Gasteiger partial charge in [0.25, 0.3) is 0 Å². The van der Waals surface area contributed by atoms with Crippen LogP contribution >= 0.6 is 11.8 Å². The van der Waals surface area contributed by atoms with E-state index in [2.05, 4.69) is 28.4 Å². The van der Waals surface area contributed by atoms with Crippen molar-refractivity contribution in [2.24, 2.45) is 5.14 Å². The van der Waals surface area contributed by atoms with Crippen LogP contribution in [0.25, 0.3) is 11.0 Å². The van der Waals surface area contributed by atoms with E-state index in [0.29, 0.717) is 5.52 Å². The zero-order chi connectivity index (χ0) is 18.0. The summed E-state index contributed by atoms with van der Waals surface area (Å²) < 4.78 is 25.3. The molecule has 2 aromatic heterocycles. The second kappa shape index (κ2) is 7.15. The highest BCUT2D eigenvalue weighted by atomic mass is 32.2. The van der Waals surface area contributed by atoms with Gasteiger partial charge in [-0.15, -0.1) is 0 Å². The zero-order valence-electron chi connectivity index (χ0n) is 14.1. The van der Waals surface area contributed by atoms with Crippen molar-refractivity contribution < 1.29 is 8.42 Å². The Labute approximate surface area is 151 Å². The third kappa shape index (κ3) is 3.86. The van der Waals surface area contributed by atoms with E-state index in [1.54, 1.807) is 24.0 Å². The van der Waals surface area contributed by atoms with Crippen molar-refractivity contribution in [1.82, 2.24) is 14.5 Å². The van der Waals surface area contributed by atoms with Gasteiger partial charge >= 0.3 is 0 Å². The van der Waals surface area contributed by atoms with Gasteiger partial charge in [-0.3, -0.25) is 4.98 Å². The van der Waals surface area contributed by atoms with E-state index in [-0.39, 0.29) is 10.1 Å². The summed E-state index contributed by atoms with van der Waals surface area (Å²) in [4.78, 5) is 8.90. The summed E-state index contributed by atoms with van der Waals surface area (Å²) in [6.07, 6.45) is 4.56. The maximum absolute atomic E-state index is 11.6. The maximum atomic E-state index is 11.6. The molecule has 6 nitrogen and oxygen atoms in total. The molecule has 0 aliphatic rings. The van der Waals surface area contributed by atoms with E-state index in [9.17, 15) is 8.42 Å². The Balaban J connectivity index is 2.03. The Kier molecular flexibility index (Phi) is 5.12. The quantitative estimate of drug-likeness (QED) is 0.666. The number of nitrogens with two attached hydrogens (primary N) is 1. The van der Waals surface area contributed by atoms with Crippen molar-refractivity contribution in [2.45, 2.75) is 42.1 Å². The molecule has 0 saturated carbocycles. The summed E-state index contributed by atoms with van der Waals surface area (Å²) in [6.45, 7) is 5.02. The third-order valence-corrected chi connectivity index (χ3v) is 5.96. The molecule has 1 aromatic carbocycles. The predicted molar refractivity (Wildman–Crippen MR) is 99.9 cm³/mol. The molecule has 0 aliphatic carbocycles. The fourth-order valence-electron chi connectivity index (χ4n) is 2.64. The van der Waals surface area contributed by atoms with Gasteiger partial charge in [0.2, 0.25) is 10.0 Å². The molecule has 1 atom stereocenters. The minimum atomic E-state index is -3.74. The van der Waals surface area contributed by atoms with Crippen LogP contribution in [0.5, 0.6) is 0 Å². The number of hydrogen-bond acceptors (Lipinski definition) is 5. The van der Waals surface area contributed by atoms with Gasteiger partial charge in [-0.2, -0.15) is 0 Å². The number of rotatable bonds is 6. The number of primary sulfonamides is 1. The fraction of sp³-hybridized carbons (Fsp3) is 0.294. The van der Waals surface area contributed by atoms with E-state index in [4.69, 9.17) is 5.14 Å². The molecule has 0 aliphatic heterocycles. The number of benzene rings is 1. The van der Waals surface area contributed by atoms with Crippen molar-refractivity contribution in [3.05, 3.63) is 48.3 Å². The summed E-state index contributed by atoms with van der Waals surface area (Å²) in [5, 5.41) is 6.27. The first kappa shape index (κ1) is 17.9. The van der Waals surface area contributed by atoms with E-state index in [1.165, 1.54) is 12.1 Å². The molecule has 0 spiro atoms. The number of thioether (sulfide) groups is 1. The molecule has 0 amide bonds. The second-order valence-electron chi connectivity index (χ2n) is 5.79. The number of imidazole rings is 1. The van der Waals surface area contributed by atoms with Crippen molar-refractivity contribution in [2.75, 3.05) is 0 Å². The van der Waals surface area contributed by atoms with Crippen LogP contribution in [0.15, 0.2) is 52.8 Å². The highest BCUT2D eigenvalue weighted by molar-refractivity contribution is 7.99. The normalized spacial score (nSPS) is 13.2. The number of aromatic nitrogens is 3. The average molecular weight is 377 g/mol. The molecule has 2 heterocycles. The average Bonchev–Trinajstić information content (AvgIpc) is 2.92. The number of pyridine rings is 1. The van der Waals surface area contributed by atoms with Gasteiger partial charge in [-0.1, -0.05) is 24.8 Å². The van der Waals surface area contributed by atoms with Crippen molar-refractivity contribution in [1.29, 1.82) is 0 Å². The predicted octanol–water partition coefficient (Wildman–Crippen LogP) is 3.34. The maximum Gasteiger partial charge on any atom is 0.238 e. The Hall–Kier alpha value is -1.90. The Bertz CT molecular complexity index is 985. The molecular weight excluding hydrogens is 356 g/mol. The van der Waals surface area contributed by atoms with E-state index < -0.39 is 10.0 Å². The first-order valence-corrected chi connectivity index (χ1v) is 10.4. The van der Waals surface area contributed by atoms with Gasteiger partial charge in [0.15, 0.2) is 5.16 Å². The molecule has 0 bridgehead atoms. The molecule has 25 heavy (non-hydrogen) atoms. The Morgan fingerprint density at radius 2 is 2.12 bits per heavy atom. The Morgan fingerprint density at radius 1 is 1.32 bits per heavy atom. The monoisotopic (exact) mass is 376 g/mol. The van der Waals surface area contributed by atoms with Crippen LogP contribution in [0, 0.1) is 0 Å². The minimum absolute atomic E-state index is 0.0815. The number of aryl methyl sites for hydroxylation is 1. The second-order valence-corrected chi connectivity index (χ2v) is 8.66. The summed E-state index contributed by atoms with van der Waals surface area (Å²) in [5.74, 6) is 0. The minimum Gasteiger partial charge on any atom is -0.319 e. The molecule has 132 valence electrons.